The van der Waals surface area contributed by atoms with E-state index in [0.717, 1.165) is 11.1 Å². The largest absolute Gasteiger partial charge is 0.480 e. The monoisotopic (exact) mass is 290 g/mol. The molecule has 1 aliphatic rings. The standard InChI is InChI=1S/C14H14N2O3S/c15-5-6-20-9-13(17)16-8-11-4-2-1-3-10(11)7-12(16)14(18)19/h1-4,12H,6-9H2,(H,18,19)/t12-/m0/s1. The van der Waals surface area contributed by atoms with Gasteiger partial charge >= 0.3 is 5.97 Å². The molecule has 104 valence electrons. The zero-order valence-electron chi connectivity index (χ0n) is 10.8. The van der Waals surface area contributed by atoms with Crippen molar-refractivity contribution in [3.8, 4) is 6.07 Å². The molecule has 0 saturated heterocycles. The van der Waals surface area contributed by atoms with Crippen LogP contribution in [0, 0.1) is 11.3 Å². The van der Waals surface area contributed by atoms with E-state index in [4.69, 9.17) is 5.26 Å². The molecule has 0 fully saturated rings. The van der Waals surface area contributed by atoms with Gasteiger partial charge in [-0.1, -0.05) is 24.3 Å². The molecule has 0 unspecified atom stereocenters. The fourth-order valence-electron chi connectivity index (χ4n) is 2.27. The summed E-state index contributed by atoms with van der Waals surface area (Å²) in [5.41, 5.74) is 1.97. The summed E-state index contributed by atoms with van der Waals surface area (Å²) in [6.07, 6.45) is 0.333. The Morgan fingerprint density at radius 3 is 2.75 bits per heavy atom. The Hall–Kier alpha value is -2.00. The average molecular weight is 290 g/mol. The van der Waals surface area contributed by atoms with E-state index >= 15 is 0 Å². The number of amides is 1. The molecule has 1 heterocycles. The van der Waals surface area contributed by atoms with Gasteiger partial charge in [0.25, 0.3) is 0 Å². The van der Waals surface area contributed by atoms with Crippen LogP contribution in [-0.4, -0.2) is 39.4 Å². The highest BCUT2D eigenvalue weighted by atomic mass is 32.2. The van der Waals surface area contributed by atoms with Crippen LogP contribution in [0.4, 0.5) is 0 Å². The zero-order chi connectivity index (χ0) is 14.5. The second-order valence-electron chi connectivity index (χ2n) is 4.50. The summed E-state index contributed by atoms with van der Waals surface area (Å²) in [4.78, 5) is 24.9. The van der Waals surface area contributed by atoms with Crippen molar-refractivity contribution in [1.29, 1.82) is 5.26 Å². The molecule has 20 heavy (non-hydrogen) atoms. The fraction of sp³-hybridized carbons (Fsp3) is 0.357. The Balaban J connectivity index is 2.16. The number of thioether (sulfide) groups is 1. The summed E-state index contributed by atoms with van der Waals surface area (Å²) in [5.74, 6) is -0.849. The second kappa shape index (κ2) is 6.44. The van der Waals surface area contributed by atoms with Gasteiger partial charge in [-0.15, -0.1) is 11.8 Å². The minimum absolute atomic E-state index is 0.138. The Kier molecular flexibility index (Phi) is 4.64. The molecule has 1 aliphatic heterocycles. The second-order valence-corrected chi connectivity index (χ2v) is 5.49. The predicted molar refractivity (Wildman–Crippen MR) is 75.1 cm³/mol. The van der Waals surface area contributed by atoms with Crippen LogP contribution in [0.15, 0.2) is 24.3 Å². The molecule has 0 spiro atoms. The van der Waals surface area contributed by atoms with Crippen molar-refractivity contribution in [1.82, 2.24) is 4.90 Å². The molecular weight excluding hydrogens is 276 g/mol. The van der Waals surface area contributed by atoms with Gasteiger partial charge in [0.05, 0.1) is 17.6 Å². The fourth-order valence-corrected chi connectivity index (χ4v) is 2.81. The van der Waals surface area contributed by atoms with E-state index in [1.165, 1.54) is 16.7 Å². The molecule has 0 saturated carbocycles. The number of hydrogen-bond donors (Lipinski definition) is 1. The normalized spacial score (nSPS) is 17.1. The first-order chi connectivity index (χ1) is 9.63. The summed E-state index contributed by atoms with van der Waals surface area (Å²) < 4.78 is 0. The molecular formula is C14H14N2O3S. The number of rotatable bonds is 4. The smallest absolute Gasteiger partial charge is 0.326 e. The van der Waals surface area contributed by atoms with Gasteiger partial charge in [0.1, 0.15) is 6.04 Å². The summed E-state index contributed by atoms with van der Waals surface area (Å²) in [7, 11) is 0. The lowest BCUT2D eigenvalue weighted by Crippen LogP contribution is -2.49. The Bertz CT molecular complexity index is 568. The summed E-state index contributed by atoms with van der Waals surface area (Å²) in [5, 5.41) is 17.8. The molecule has 0 bridgehead atoms. The predicted octanol–water partition coefficient (Wildman–Crippen LogP) is 1.28. The van der Waals surface area contributed by atoms with Gasteiger partial charge in [-0.2, -0.15) is 5.26 Å². The number of nitrogens with zero attached hydrogens (tertiary/aromatic N) is 2. The molecule has 1 amide bonds. The van der Waals surface area contributed by atoms with Crippen molar-refractivity contribution in [2.45, 2.75) is 19.0 Å². The molecule has 0 aromatic heterocycles. The van der Waals surface area contributed by atoms with Crippen LogP contribution in [0.25, 0.3) is 0 Å². The maximum Gasteiger partial charge on any atom is 0.326 e. The summed E-state index contributed by atoms with van der Waals surface area (Å²) >= 11 is 1.20. The summed E-state index contributed by atoms with van der Waals surface area (Å²) in [6, 6.07) is 8.70. The van der Waals surface area contributed by atoms with Crippen LogP contribution in [0.5, 0.6) is 0 Å². The first kappa shape index (κ1) is 14.4. The van der Waals surface area contributed by atoms with Crippen LogP contribution < -0.4 is 0 Å². The SMILES string of the molecule is N#CCSCC(=O)N1Cc2ccccc2C[C@H]1C(=O)O. The molecule has 0 aliphatic carbocycles. The topological polar surface area (TPSA) is 81.4 Å². The van der Waals surface area contributed by atoms with Crippen LogP contribution in [0.3, 0.4) is 0 Å². The number of aliphatic carboxylic acids is 1. The maximum absolute atomic E-state index is 12.1. The van der Waals surface area contributed by atoms with E-state index in [0.29, 0.717) is 13.0 Å². The van der Waals surface area contributed by atoms with Gasteiger partial charge in [-0.25, -0.2) is 4.79 Å². The van der Waals surface area contributed by atoms with Crippen LogP contribution in [-0.2, 0) is 22.6 Å². The first-order valence-electron chi connectivity index (χ1n) is 6.17. The van der Waals surface area contributed by atoms with E-state index in [1.54, 1.807) is 0 Å². The number of carboxylic acids is 1. The molecule has 1 atom stereocenters. The van der Waals surface area contributed by atoms with Gasteiger partial charge in [-0.3, -0.25) is 4.79 Å². The number of carbonyl (C=O) groups is 2. The molecule has 6 heteroatoms. The number of hydrogen-bond acceptors (Lipinski definition) is 4. The minimum Gasteiger partial charge on any atom is -0.480 e. The molecule has 1 aromatic rings. The van der Waals surface area contributed by atoms with Gasteiger partial charge in [0.15, 0.2) is 0 Å². The number of carboxylic acid groups (broad SMARTS) is 1. The number of carbonyl (C=O) groups excluding carboxylic acids is 1. The average Bonchev–Trinajstić information content (AvgIpc) is 2.46. The van der Waals surface area contributed by atoms with E-state index in [2.05, 4.69) is 0 Å². The van der Waals surface area contributed by atoms with Crippen LogP contribution in [0.1, 0.15) is 11.1 Å². The lowest BCUT2D eigenvalue weighted by molar-refractivity contribution is -0.150. The van der Waals surface area contributed by atoms with E-state index in [9.17, 15) is 14.7 Å². The minimum atomic E-state index is -0.988. The third-order valence-electron chi connectivity index (χ3n) is 3.25. The highest BCUT2D eigenvalue weighted by molar-refractivity contribution is 8.00. The molecule has 5 nitrogen and oxygen atoms in total. The van der Waals surface area contributed by atoms with Gasteiger partial charge in [-0.05, 0) is 11.1 Å². The highest BCUT2D eigenvalue weighted by Gasteiger charge is 2.34. The zero-order valence-corrected chi connectivity index (χ0v) is 11.6. The van der Waals surface area contributed by atoms with Crippen LogP contribution >= 0.6 is 11.8 Å². The third-order valence-corrected chi connectivity index (χ3v) is 4.03. The van der Waals surface area contributed by atoms with E-state index in [1.807, 2.05) is 30.3 Å². The van der Waals surface area contributed by atoms with Crippen molar-refractivity contribution in [2.75, 3.05) is 11.5 Å². The van der Waals surface area contributed by atoms with Crippen LogP contribution in [0.2, 0.25) is 0 Å². The lowest BCUT2D eigenvalue weighted by atomic mass is 9.94. The Labute approximate surface area is 121 Å². The van der Waals surface area contributed by atoms with Crippen molar-refractivity contribution >= 4 is 23.6 Å². The highest BCUT2D eigenvalue weighted by Crippen LogP contribution is 2.24. The quantitative estimate of drug-likeness (QED) is 0.845. The number of benzene rings is 1. The van der Waals surface area contributed by atoms with Gasteiger partial charge in [0, 0.05) is 13.0 Å². The summed E-state index contributed by atoms with van der Waals surface area (Å²) in [6.45, 7) is 0.319. The van der Waals surface area contributed by atoms with Crippen molar-refractivity contribution in [3.63, 3.8) is 0 Å². The third kappa shape index (κ3) is 3.11. The Morgan fingerprint density at radius 2 is 2.10 bits per heavy atom. The van der Waals surface area contributed by atoms with Gasteiger partial charge < -0.3 is 10.0 Å². The van der Waals surface area contributed by atoms with Crippen molar-refractivity contribution in [2.24, 2.45) is 0 Å². The number of fused-ring (bicyclic) bond motifs is 1. The van der Waals surface area contributed by atoms with E-state index in [-0.39, 0.29) is 17.4 Å². The van der Waals surface area contributed by atoms with E-state index < -0.39 is 12.0 Å². The molecule has 0 radical (unpaired) electrons. The van der Waals surface area contributed by atoms with Crippen molar-refractivity contribution in [3.05, 3.63) is 35.4 Å². The van der Waals surface area contributed by atoms with Crippen molar-refractivity contribution < 1.29 is 14.7 Å². The van der Waals surface area contributed by atoms with Gasteiger partial charge in [0.2, 0.25) is 5.91 Å². The first-order valence-corrected chi connectivity index (χ1v) is 7.32. The molecule has 1 N–H and O–H groups in total. The molecule has 1 aromatic carbocycles. The number of nitriles is 1. The lowest BCUT2D eigenvalue weighted by Gasteiger charge is -2.34. The maximum atomic E-state index is 12.1. The molecule has 2 rings (SSSR count). The Morgan fingerprint density at radius 1 is 1.40 bits per heavy atom.